The van der Waals surface area contributed by atoms with Crippen molar-refractivity contribution in [1.29, 1.82) is 0 Å². The molecule has 0 radical (unpaired) electrons. The zero-order valence-corrected chi connectivity index (χ0v) is 13.6. The Morgan fingerprint density at radius 2 is 2.00 bits per heavy atom. The van der Waals surface area contributed by atoms with Crippen molar-refractivity contribution >= 4 is 9.84 Å². The van der Waals surface area contributed by atoms with Gasteiger partial charge in [-0.1, -0.05) is 25.8 Å². The zero-order valence-electron chi connectivity index (χ0n) is 12.7. The van der Waals surface area contributed by atoms with Crippen LogP contribution in [0, 0.1) is 5.92 Å². The zero-order chi connectivity index (χ0) is 15.3. The summed E-state index contributed by atoms with van der Waals surface area (Å²) >= 11 is 0. The van der Waals surface area contributed by atoms with Crippen molar-refractivity contribution < 1.29 is 17.9 Å². The third kappa shape index (κ3) is 4.45. The molecule has 0 unspecified atom stereocenters. The second-order valence-corrected chi connectivity index (χ2v) is 7.78. The summed E-state index contributed by atoms with van der Waals surface area (Å²) < 4.78 is 35.4. The summed E-state index contributed by atoms with van der Waals surface area (Å²) in [6.07, 6.45) is 4.85. The van der Waals surface area contributed by atoms with Gasteiger partial charge in [-0.05, 0) is 37.0 Å². The van der Waals surface area contributed by atoms with Crippen LogP contribution < -0.4 is 4.74 Å². The molecule has 118 valence electrons. The van der Waals surface area contributed by atoms with E-state index in [-0.39, 0.29) is 18.5 Å². The second kappa shape index (κ2) is 7.27. The van der Waals surface area contributed by atoms with Gasteiger partial charge >= 0.3 is 0 Å². The molecule has 1 aromatic rings. The predicted molar refractivity (Wildman–Crippen MR) is 82.4 cm³/mol. The fraction of sp³-hybridized carbons (Fsp3) is 0.625. The standard InChI is InChI=1S/C16H24O4S/c1-13-6-3-4-9-16(13)20-10-11-21(17,18)15-8-5-7-14(12-15)19-2/h5,7-8,12-13,16H,3-4,6,9-11H2,1-2H3/t13-,16+/m0/s1. The summed E-state index contributed by atoms with van der Waals surface area (Å²) in [6, 6.07) is 6.58. The molecule has 1 saturated carbocycles. The minimum Gasteiger partial charge on any atom is -0.497 e. The van der Waals surface area contributed by atoms with Gasteiger partial charge in [0.25, 0.3) is 0 Å². The van der Waals surface area contributed by atoms with Crippen LogP contribution in [0.4, 0.5) is 0 Å². The lowest BCUT2D eigenvalue weighted by Crippen LogP contribution is -2.27. The van der Waals surface area contributed by atoms with E-state index in [2.05, 4.69) is 6.92 Å². The van der Waals surface area contributed by atoms with Crippen molar-refractivity contribution in [2.75, 3.05) is 19.5 Å². The van der Waals surface area contributed by atoms with Gasteiger partial charge < -0.3 is 9.47 Å². The van der Waals surface area contributed by atoms with E-state index in [9.17, 15) is 8.42 Å². The monoisotopic (exact) mass is 312 g/mol. The van der Waals surface area contributed by atoms with Crippen molar-refractivity contribution in [3.8, 4) is 5.75 Å². The third-order valence-corrected chi connectivity index (χ3v) is 5.79. The average Bonchev–Trinajstić information content (AvgIpc) is 2.49. The molecule has 0 heterocycles. The van der Waals surface area contributed by atoms with Crippen LogP contribution in [0.3, 0.4) is 0 Å². The fourth-order valence-corrected chi connectivity index (χ4v) is 3.88. The van der Waals surface area contributed by atoms with E-state index >= 15 is 0 Å². The van der Waals surface area contributed by atoms with Gasteiger partial charge in [0.1, 0.15) is 5.75 Å². The largest absolute Gasteiger partial charge is 0.497 e. The first-order valence-corrected chi connectivity index (χ1v) is 9.16. The number of ether oxygens (including phenoxy) is 2. The normalized spacial score (nSPS) is 23.0. The fourth-order valence-electron chi connectivity index (χ4n) is 2.75. The molecule has 0 N–H and O–H groups in total. The van der Waals surface area contributed by atoms with Crippen LogP contribution in [0.25, 0.3) is 0 Å². The highest BCUT2D eigenvalue weighted by Gasteiger charge is 2.23. The van der Waals surface area contributed by atoms with E-state index in [4.69, 9.17) is 9.47 Å². The van der Waals surface area contributed by atoms with E-state index in [1.54, 1.807) is 24.3 Å². The highest BCUT2D eigenvalue weighted by molar-refractivity contribution is 7.91. The first kappa shape index (κ1) is 16.3. The van der Waals surface area contributed by atoms with E-state index < -0.39 is 9.84 Å². The van der Waals surface area contributed by atoms with Crippen LogP contribution in [0.5, 0.6) is 5.75 Å². The van der Waals surface area contributed by atoms with Gasteiger partial charge in [0.2, 0.25) is 0 Å². The number of rotatable bonds is 6. The van der Waals surface area contributed by atoms with Crippen LogP contribution in [0.1, 0.15) is 32.6 Å². The molecule has 0 saturated heterocycles. The molecular weight excluding hydrogens is 288 g/mol. The molecule has 5 heteroatoms. The summed E-state index contributed by atoms with van der Waals surface area (Å²) in [6.45, 7) is 2.44. The highest BCUT2D eigenvalue weighted by atomic mass is 32.2. The number of hydrogen-bond acceptors (Lipinski definition) is 4. The number of hydrogen-bond donors (Lipinski definition) is 0. The Kier molecular flexibility index (Phi) is 5.65. The van der Waals surface area contributed by atoms with Crippen molar-refractivity contribution in [2.24, 2.45) is 5.92 Å². The SMILES string of the molecule is COc1cccc(S(=O)(=O)CCO[C@@H]2CCCC[C@@H]2C)c1. The Balaban J connectivity index is 1.91. The van der Waals surface area contributed by atoms with E-state index in [1.807, 2.05) is 0 Å². The lowest BCUT2D eigenvalue weighted by atomic mass is 9.88. The molecule has 2 rings (SSSR count). The van der Waals surface area contributed by atoms with Gasteiger partial charge in [0.15, 0.2) is 9.84 Å². The summed E-state index contributed by atoms with van der Waals surface area (Å²) in [7, 11) is -1.79. The minimum absolute atomic E-state index is 0.0172. The number of benzene rings is 1. The van der Waals surface area contributed by atoms with Crippen LogP contribution >= 0.6 is 0 Å². The number of methoxy groups -OCH3 is 1. The van der Waals surface area contributed by atoms with Gasteiger partial charge in [-0.25, -0.2) is 8.42 Å². The smallest absolute Gasteiger partial charge is 0.180 e. The molecular formula is C16H24O4S. The number of sulfone groups is 1. The Morgan fingerprint density at radius 1 is 1.24 bits per heavy atom. The summed E-state index contributed by atoms with van der Waals surface area (Å²) in [5, 5.41) is 0. The molecule has 0 spiro atoms. The van der Waals surface area contributed by atoms with Gasteiger partial charge in [0, 0.05) is 0 Å². The third-order valence-electron chi connectivity index (χ3n) is 4.12. The van der Waals surface area contributed by atoms with Crippen LogP contribution in [0.15, 0.2) is 29.2 Å². The van der Waals surface area contributed by atoms with E-state index in [0.717, 1.165) is 6.42 Å². The van der Waals surface area contributed by atoms with Gasteiger partial charge in [-0.15, -0.1) is 0 Å². The molecule has 0 aliphatic heterocycles. The van der Waals surface area contributed by atoms with Gasteiger partial charge in [0.05, 0.1) is 30.5 Å². The van der Waals surface area contributed by atoms with Crippen molar-refractivity contribution in [2.45, 2.75) is 43.6 Å². The van der Waals surface area contributed by atoms with Crippen LogP contribution in [-0.2, 0) is 14.6 Å². The maximum atomic E-state index is 12.3. The molecule has 0 bridgehead atoms. The molecule has 2 atom stereocenters. The molecule has 0 amide bonds. The maximum Gasteiger partial charge on any atom is 0.180 e. The lowest BCUT2D eigenvalue weighted by molar-refractivity contribution is 0.00302. The molecule has 4 nitrogen and oxygen atoms in total. The maximum absolute atomic E-state index is 12.3. The van der Waals surface area contributed by atoms with Crippen molar-refractivity contribution in [1.82, 2.24) is 0 Å². The average molecular weight is 312 g/mol. The lowest BCUT2D eigenvalue weighted by Gasteiger charge is -2.28. The molecule has 1 fully saturated rings. The van der Waals surface area contributed by atoms with Crippen LogP contribution in [0.2, 0.25) is 0 Å². The van der Waals surface area contributed by atoms with Gasteiger partial charge in [-0.2, -0.15) is 0 Å². The Bertz CT molecular complexity index is 553. The first-order chi connectivity index (χ1) is 10.0. The summed E-state index contributed by atoms with van der Waals surface area (Å²) in [5.41, 5.74) is 0. The first-order valence-electron chi connectivity index (χ1n) is 7.51. The predicted octanol–water partition coefficient (Wildman–Crippen LogP) is 3.06. The van der Waals surface area contributed by atoms with E-state index in [1.165, 1.54) is 26.4 Å². The molecule has 21 heavy (non-hydrogen) atoms. The van der Waals surface area contributed by atoms with Crippen molar-refractivity contribution in [3.63, 3.8) is 0 Å². The summed E-state index contributed by atoms with van der Waals surface area (Å²) in [4.78, 5) is 0.294. The molecule has 1 aromatic carbocycles. The Hall–Kier alpha value is -1.07. The second-order valence-electron chi connectivity index (χ2n) is 5.67. The minimum atomic E-state index is -3.32. The van der Waals surface area contributed by atoms with E-state index in [0.29, 0.717) is 16.6 Å². The quantitative estimate of drug-likeness (QED) is 0.810. The highest BCUT2D eigenvalue weighted by Crippen LogP contribution is 2.26. The van der Waals surface area contributed by atoms with Crippen molar-refractivity contribution in [3.05, 3.63) is 24.3 Å². The summed E-state index contributed by atoms with van der Waals surface area (Å²) in [5.74, 6) is 1.10. The van der Waals surface area contributed by atoms with Gasteiger partial charge in [-0.3, -0.25) is 0 Å². The molecule has 0 aromatic heterocycles. The van der Waals surface area contributed by atoms with Crippen LogP contribution in [-0.4, -0.2) is 34.0 Å². The molecule has 1 aliphatic rings. The Morgan fingerprint density at radius 3 is 2.71 bits per heavy atom. The Labute approximate surface area is 127 Å². The topological polar surface area (TPSA) is 52.6 Å². The molecule has 1 aliphatic carbocycles.